The third-order valence-corrected chi connectivity index (χ3v) is 8.06. The predicted octanol–water partition coefficient (Wildman–Crippen LogP) is 5.94. The molecule has 8 nitrogen and oxygen atoms in total. The highest BCUT2D eigenvalue weighted by atomic mass is 28.3. The highest BCUT2D eigenvalue weighted by Crippen LogP contribution is 2.34. The van der Waals surface area contributed by atoms with Crippen LogP contribution in [0.25, 0.3) is 5.57 Å². The number of aromatic nitrogens is 2. The monoisotopic (exact) mass is 522 g/mol. The largest absolute Gasteiger partial charge is 0.465 e. The van der Waals surface area contributed by atoms with Gasteiger partial charge < -0.3 is 19.4 Å². The van der Waals surface area contributed by atoms with E-state index in [1.54, 1.807) is 10.8 Å². The number of allylic oxidation sites excluding steroid dienone is 2. The van der Waals surface area contributed by atoms with E-state index in [-0.39, 0.29) is 30.1 Å². The molecule has 9 heteroatoms. The maximum absolute atomic E-state index is 13.4. The van der Waals surface area contributed by atoms with Crippen molar-refractivity contribution in [2.45, 2.75) is 77.9 Å². The molecule has 1 atom stereocenters. The predicted molar refractivity (Wildman–Crippen MR) is 147 cm³/mol. The Morgan fingerprint density at radius 2 is 2.05 bits per heavy atom. The van der Waals surface area contributed by atoms with E-state index >= 15 is 0 Å². The Morgan fingerprint density at radius 1 is 1.27 bits per heavy atom. The average Bonchev–Trinajstić information content (AvgIpc) is 3.29. The number of amides is 1. The first-order valence-electron chi connectivity index (χ1n) is 12.9. The first-order chi connectivity index (χ1) is 17.6. The van der Waals surface area contributed by atoms with Crippen LogP contribution in [0.3, 0.4) is 0 Å². The molecular weight excluding hydrogens is 484 g/mol. The van der Waals surface area contributed by atoms with Crippen molar-refractivity contribution in [1.82, 2.24) is 9.55 Å². The lowest BCUT2D eigenvalue weighted by molar-refractivity contribution is -0.141. The maximum Gasteiger partial charge on any atom is 0.302 e. The number of anilines is 1. The zero-order valence-electron chi connectivity index (χ0n) is 22.6. The van der Waals surface area contributed by atoms with Gasteiger partial charge in [0, 0.05) is 45.0 Å². The molecule has 0 aliphatic heterocycles. The van der Waals surface area contributed by atoms with Crippen LogP contribution < -0.4 is 5.32 Å². The third-order valence-electron chi connectivity index (χ3n) is 6.36. The minimum atomic E-state index is -1.24. The van der Waals surface area contributed by atoms with Crippen molar-refractivity contribution in [1.29, 1.82) is 5.26 Å². The first kappa shape index (κ1) is 28.3. The second kappa shape index (κ2) is 12.8. The molecule has 37 heavy (non-hydrogen) atoms. The first-order valence-corrected chi connectivity index (χ1v) is 16.6. The summed E-state index contributed by atoms with van der Waals surface area (Å²) in [6.45, 7) is 11.3. The van der Waals surface area contributed by atoms with Crippen molar-refractivity contribution >= 4 is 31.2 Å². The molecule has 1 aliphatic carbocycles. The molecule has 3 rings (SSSR count). The molecule has 0 radical (unpaired) electrons. The van der Waals surface area contributed by atoms with Crippen LogP contribution in [0.15, 0.2) is 30.5 Å². The minimum Gasteiger partial charge on any atom is -0.465 e. The Morgan fingerprint density at radius 3 is 2.70 bits per heavy atom. The normalized spacial score (nSPS) is 14.4. The number of esters is 1. The molecule has 1 aromatic carbocycles. The van der Waals surface area contributed by atoms with Crippen LogP contribution in [0.2, 0.25) is 25.7 Å². The van der Waals surface area contributed by atoms with Crippen LogP contribution in [-0.2, 0) is 21.0 Å². The van der Waals surface area contributed by atoms with Crippen molar-refractivity contribution in [3.63, 3.8) is 0 Å². The lowest BCUT2D eigenvalue weighted by Gasteiger charge is -2.20. The van der Waals surface area contributed by atoms with Gasteiger partial charge in [-0.05, 0) is 55.0 Å². The van der Waals surface area contributed by atoms with E-state index < -0.39 is 14.0 Å². The number of hydrogen-bond acceptors (Lipinski definition) is 6. The van der Waals surface area contributed by atoms with E-state index in [0.29, 0.717) is 18.9 Å². The summed E-state index contributed by atoms with van der Waals surface area (Å²) in [5, 5.41) is 12.4. The van der Waals surface area contributed by atoms with Gasteiger partial charge in [0.1, 0.15) is 12.8 Å². The Labute approximate surface area is 220 Å². The Balaban J connectivity index is 1.84. The van der Waals surface area contributed by atoms with E-state index in [2.05, 4.69) is 42.1 Å². The lowest BCUT2D eigenvalue weighted by atomic mass is 9.89. The van der Waals surface area contributed by atoms with Gasteiger partial charge in [-0.25, -0.2) is 4.98 Å². The highest BCUT2D eigenvalue weighted by molar-refractivity contribution is 6.76. The van der Waals surface area contributed by atoms with E-state index in [1.165, 1.54) is 12.5 Å². The van der Waals surface area contributed by atoms with Crippen LogP contribution in [0.5, 0.6) is 0 Å². The van der Waals surface area contributed by atoms with E-state index in [0.717, 1.165) is 42.9 Å². The number of nitrogens with one attached hydrogen (secondary N) is 1. The fourth-order valence-electron chi connectivity index (χ4n) is 4.13. The molecule has 1 N–H and O–H groups in total. The zero-order valence-corrected chi connectivity index (χ0v) is 23.6. The SMILES string of the molecule is CC(=O)OCC(C)c1ccc(NC(=O)c2nc(C#N)cn2COCC[Si](C)(C)C)c(C2=CCCCC2)c1. The van der Waals surface area contributed by atoms with Gasteiger partial charge >= 0.3 is 5.97 Å². The third kappa shape index (κ3) is 8.41. The second-order valence-corrected chi connectivity index (χ2v) is 16.4. The second-order valence-electron chi connectivity index (χ2n) is 10.8. The van der Waals surface area contributed by atoms with Crippen molar-refractivity contribution in [2.24, 2.45) is 0 Å². The quantitative estimate of drug-likeness (QED) is 0.222. The van der Waals surface area contributed by atoms with Gasteiger partial charge in [0.25, 0.3) is 5.91 Å². The molecule has 0 bridgehead atoms. The lowest BCUT2D eigenvalue weighted by Crippen LogP contribution is -2.23. The topological polar surface area (TPSA) is 106 Å². The molecule has 198 valence electrons. The molecule has 0 spiro atoms. The molecule has 2 aromatic rings. The summed E-state index contributed by atoms with van der Waals surface area (Å²) in [4.78, 5) is 28.9. The average molecular weight is 523 g/mol. The summed E-state index contributed by atoms with van der Waals surface area (Å²) in [7, 11) is -1.24. The van der Waals surface area contributed by atoms with Crippen LogP contribution in [0.1, 0.15) is 72.9 Å². The van der Waals surface area contributed by atoms with Crippen molar-refractivity contribution in [3.8, 4) is 6.07 Å². The molecule has 1 amide bonds. The molecule has 1 aromatic heterocycles. The number of nitrogens with zero attached hydrogens (tertiary/aromatic N) is 3. The van der Waals surface area contributed by atoms with Gasteiger partial charge in [-0.2, -0.15) is 5.26 Å². The van der Waals surface area contributed by atoms with Crippen LogP contribution in [-0.4, -0.2) is 42.7 Å². The van der Waals surface area contributed by atoms with Crippen molar-refractivity contribution < 1.29 is 19.1 Å². The van der Waals surface area contributed by atoms with Crippen LogP contribution in [0, 0.1) is 11.3 Å². The zero-order chi connectivity index (χ0) is 27.0. The van der Waals surface area contributed by atoms with Gasteiger partial charge in [-0.1, -0.05) is 38.7 Å². The number of hydrogen-bond donors (Lipinski definition) is 1. The molecule has 1 aliphatic rings. The van der Waals surface area contributed by atoms with E-state index in [1.807, 2.05) is 25.1 Å². The molecular formula is C28H38N4O4Si. The highest BCUT2D eigenvalue weighted by Gasteiger charge is 2.21. The molecule has 1 heterocycles. The molecule has 0 fully saturated rings. The van der Waals surface area contributed by atoms with Crippen LogP contribution >= 0.6 is 0 Å². The minimum absolute atomic E-state index is 0.0157. The molecule has 0 saturated carbocycles. The Kier molecular flexibility index (Phi) is 9.84. The summed E-state index contributed by atoms with van der Waals surface area (Å²) in [6.07, 6.45) is 7.96. The van der Waals surface area contributed by atoms with Crippen molar-refractivity contribution in [3.05, 3.63) is 53.1 Å². The summed E-state index contributed by atoms with van der Waals surface area (Å²) in [6, 6.07) is 8.95. The van der Waals surface area contributed by atoms with Gasteiger partial charge in [-0.3, -0.25) is 9.59 Å². The van der Waals surface area contributed by atoms with Crippen molar-refractivity contribution in [2.75, 3.05) is 18.5 Å². The van der Waals surface area contributed by atoms with Gasteiger partial charge in [-0.15, -0.1) is 0 Å². The van der Waals surface area contributed by atoms with E-state index in [4.69, 9.17) is 9.47 Å². The number of nitriles is 1. The summed E-state index contributed by atoms with van der Waals surface area (Å²) in [5.74, 6) is -0.543. The summed E-state index contributed by atoms with van der Waals surface area (Å²) >= 11 is 0. The number of carbonyl (C=O) groups is 2. The number of ether oxygens (including phenoxy) is 2. The fraction of sp³-hybridized carbons (Fsp3) is 0.500. The Hall–Kier alpha value is -3.22. The molecule has 1 unspecified atom stereocenters. The van der Waals surface area contributed by atoms with Gasteiger partial charge in [0.05, 0.1) is 6.61 Å². The summed E-state index contributed by atoms with van der Waals surface area (Å²) in [5.41, 5.74) is 4.05. The number of carbonyl (C=O) groups excluding carboxylic acids is 2. The van der Waals surface area contributed by atoms with E-state index in [9.17, 15) is 14.9 Å². The fourth-order valence-corrected chi connectivity index (χ4v) is 4.89. The van der Waals surface area contributed by atoms with Crippen LogP contribution in [0.4, 0.5) is 5.69 Å². The Bertz CT molecular complexity index is 1190. The maximum atomic E-state index is 13.4. The van der Waals surface area contributed by atoms with Gasteiger partial charge in [0.15, 0.2) is 5.69 Å². The smallest absolute Gasteiger partial charge is 0.302 e. The standard InChI is InChI=1S/C28H38N4O4Si/c1-20(18-36-21(2)33)23-11-12-26(25(15-23)22-9-7-6-8-10-22)31-28(34)27-30-24(16-29)17-32(27)19-35-13-14-37(3,4)5/h9,11-12,15,17,20H,6-8,10,13-14,18-19H2,1-5H3,(H,31,34). The number of rotatable bonds is 11. The van der Waals surface area contributed by atoms with Gasteiger partial charge in [0.2, 0.25) is 5.82 Å². The number of imidazole rings is 1. The number of benzene rings is 1. The molecule has 0 saturated heterocycles. The summed E-state index contributed by atoms with van der Waals surface area (Å²) < 4.78 is 12.6.